The van der Waals surface area contributed by atoms with Gasteiger partial charge in [0.25, 0.3) is 5.91 Å². The molecule has 1 fully saturated rings. The van der Waals surface area contributed by atoms with E-state index in [0.717, 1.165) is 19.5 Å². The number of hydrogen-bond acceptors (Lipinski definition) is 2. The first-order valence-corrected chi connectivity index (χ1v) is 5.80. The second kappa shape index (κ2) is 4.45. The quantitative estimate of drug-likeness (QED) is 0.819. The van der Waals surface area contributed by atoms with Gasteiger partial charge in [0, 0.05) is 6.54 Å². The number of aryl methyl sites for hydroxylation is 1. The molecular formula is C13H17FN2O. The van der Waals surface area contributed by atoms with Gasteiger partial charge in [0.05, 0.1) is 11.1 Å². The average Bonchev–Trinajstić information content (AvgIpc) is 2.68. The van der Waals surface area contributed by atoms with Crippen LogP contribution in [0.1, 0.15) is 29.3 Å². The standard InChI is InChI=1S/C13H17FN2O/c1-9-4-3-5-10(11(9)14)12(17)16-13(2)6-7-15-8-13/h3-5,15H,6-8H2,1-2H3,(H,16,17). The summed E-state index contributed by atoms with van der Waals surface area (Å²) in [4.78, 5) is 12.0. The summed E-state index contributed by atoms with van der Waals surface area (Å²) in [5, 5.41) is 6.09. The molecule has 2 N–H and O–H groups in total. The molecule has 0 radical (unpaired) electrons. The zero-order valence-corrected chi connectivity index (χ0v) is 10.1. The second-order valence-corrected chi connectivity index (χ2v) is 4.88. The Labute approximate surface area is 100 Å². The van der Waals surface area contributed by atoms with Crippen molar-refractivity contribution in [2.45, 2.75) is 25.8 Å². The molecule has 1 atom stereocenters. The lowest BCUT2D eigenvalue weighted by Crippen LogP contribution is -2.47. The maximum Gasteiger partial charge on any atom is 0.254 e. The lowest BCUT2D eigenvalue weighted by Gasteiger charge is -2.24. The minimum absolute atomic E-state index is 0.123. The summed E-state index contributed by atoms with van der Waals surface area (Å²) in [7, 11) is 0. The lowest BCUT2D eigenvalue weighted by molar-refractivity contribution is 0.0909. The van der Waals surface area contributed by atoms with Crippen LogP contribution in [-0.2, 0) is 0 Å². The Kier molecular flexibility index (Phi) is 3.15. The van der Waals surface area contributed by atoms with E-state index < -0.39 is 5.82 Å². The predicted octanol–water partition coefficient (Wildman–Crippen LogP) is 1.62. The predicted molar refractivity (Wildman–Crippen MR) is 64.5 cm³/mol. The maximum absolute atomic E-state index is 13.8. The van der Waals surface area contributed by atoms with Gasteiger partial charge < -0.3 is 10.6 Å². The third kappa shape index (κ3) is 2.47. The molecule has 1 aliphatic heterocycles. The highest BCUT2D eigenvalue weighted by Gasteiger charge is 2.31. The van der Waals surface area contributed by atoms with E-state index in [4.69, 9.17) is 0 Å². The zero-order chi connectivity index (χ0) is 12.5. The van der Waals surface area contributed by atoms with Gasteiger partial charge in [-0.2, -0.15) is 0 Å². The summed E-state index contributed by atoms with van der Waals surface area (Å²) >= 11 is 0. The molecular weight excluding hydrogens is 219 g/mol. The SMILES string of the molecule is Cc1cccc(C(=O)NC2(C)CCNC2)c1F. The Balaban J connectivity index is 2.17. The topological polar surface area (TPSA) is 41.1 Å². The lowest BCUT2D eigenvalue weighted by atomic mass is 10.0. The van der Waals surface area contributed by atoms with Crippen LogP contribution in [0.4, 0.5) is 4.39 Å². The van der Waals surface area contributed by atoms with Gasteiger partial charge >= 0.3 is 0 Å². The molecule has 0 bridgehead atoms. The Hall–Kier alpha value is -1.42. The van der Waals surface area contributed by atoms with Crippen molar-refractivity contribution in [2.75, 3.05) is 13.1 Å². The molecule has 17 heavy (non-hydrogen) atoms. The largest absolute Gasteiger partial charge is 0.345 e. The molecule has 0 aliphatic carbocycles. The van der Waals surface area contributed by atoms with Gasteiger partial charge in [0.15, 0.2) is 0 Å². The fourth-order valence-corrected chi connectivity index (χ4v) is 2.09. The van der Waals surface area contributed by atoms with E-state index in [1.165, 1.54) is 6.07 Å². The normalized spacial score (nSPS) is 23.7. The molecule has 1 saturated heterocycles. The summed E-state index contributed by atoms with van der Waals surface area (Å²) in [6, 6.07) is 4.87. The van der Waals surface area contributed by atoms with Crippen molar-refractivity contribution in [3.05, 3.63) is 35.1 Å². The third-order valence-electron chi connectivity index (χ3n) is 3.22. The van der Waals surface area contributed by atoms with Crippen LogP contribution in [0.3, 0.4) is 0 Å². The van der Waals surface area contributed by atoms with Crippen LogP contribution in [0.5, 0.6) is 0 Å². The van der Waals surface area contributed by atoms with Crippen molar-refractivity contribution in [1.29, 1.82) is 0 Å². The molecule has 0 spiro atoms. The third-order valence-corrected chi connectivity index (χ3v) is 3.22. The van der Waals surface area contributed by atoms with Crippen LogP contribution >= 0.6 is 0 Å². The molecule has 1 aliphatic rings. The molecule has 1 aromatic carbocycles. The highest BCUT2D eigenvalue weighted by molar-refractivity contribution is 5.95. The average molecular weight is 236 g/mol. The van der Waals surface area contributed by atoms with Crippen LogP contribution in [0.2, 0.25) is 0 Å². The number of rotatable bonds is 2. The summed E-state index contributed by atoms with van der Waals surface area (Å²) in [6.45, 7) is 5.24. The van der Waals surface area contributed by atoms with Gasteiger partial charge in [-0.05, 0) is 38.4 Å². The van der Waals surface area contributed by atoms with Crippen LogP contribution in [0, 0.1) is 12.7 Å². The molecule has 0 aromatic heterocycles. The number of amides is 1. The van der Waals surface area contributed by atoms with Crippen LogP contribution < -0.4 is 10.6 Å². The van der Waals surface area contributed by atoms with Crippen molar-refractivity contribution in [3.8, 4) is 0 Å². The molecule has 2 rings (SSSR count). The molecule has 3 nitrogen and oxygen atoms in total. The van der Waals surface area contributed by atoms with Gasteiger partial charge in [0.1, 0.15) is 5.82 Å². The number of carbonyl (C=O) groups excluding carboxylic acids is 1. The second-order valence-electron chi connectivity index (χ2n) is 4.88. The first-order valence-electron chi connectivity index (χ1n) is 5.80. The number of nitrogens with one attached hydrogen (secondary N) is 2. The van der Waals surface area contributed by atoms with E-state index >= 15 is 0 Å². The highest BCUT2D eigenvalue weighted by atomic mass is 19.1. The van der Waals surface area contributed by atoms with Crippen molar-refractivity contribution in [2.24, 2.45) is 0 Å². The van der Waals surface area contributed by atoms with E-state index in [2.05, 4.69) is 10.6 Å². The van der Waals surface area contributed by atoms with E-state index in [9.17, 15) is 9.18 Å². The first kappa shape index (κ1) is 12.0. The fraction of sp³-hybridized carbons (Fsp3) is 0.462. The molecule has 92 valence electrons. The van der Waals surface area contributed by atoms with Crippen molar-refractivity contribution < 1.29 is 9.18 Å². The minimum atomic E-state index is -0.431. The van der Waals surface area contributed by atoms with Crippen molar-refractivity contribution in [3.63, 3.8) is 0 Å². The number of benzene rings is 1. The summed E-state index contributed by atoms with van der Waals surface area (Å²) in [6.07, 6.45) is 0.867. The Morgan fingerprint density at radius 3 is 2.94 bits per heavy atom. The van der Waals surface area contributed by atoms with Crippen molar-refractivity contribution in [1.82, 2.24) is 10.6 Å². The minimum Gasteiger partial charge on any atom is -0.345 e. The van der Waals surface area contributed by atoms with E-state index in [-0.39, 0.29) is 17.0 Å². The van der Waals surface area contributed by atoms with E-state index in [0.29, 0.717) is 5.56 Å². The first-order chi connectivity index (χ1) is 8.02. The highest BCUT2D eigenvalue weighted by Crippen LogP contribution is 2.17. The Morgan fingerprint density at radius 1 is 1.53 bits per heavy atom. The van der Waals surface area contributed by atoms with E-state index in [1.54, 1.807) is 19.1 Å². The number of hydrogen-bond donors (Lipinski definition) is 2. The molecule has 1 amide bonds. The fourth-order valence-electron chi connectivity index (χ4n) is 2.09. The number of carbonyl (C=O) groups is 1. The zero-order valence-electron chi connectivity index (χ0n) is 10.1. The summed E-state index contributed by atoms with van der Waals surface area (Å²) < 4.78 is 13.8. The Morgan fingerprint density at radius 2 is 2.29 bits per heavy atom. The van der Waals surface area contributed by atoms with Gasteiger partial charge in [0.2, 0.25) is 0 Å². The van der Waals surface area contributed by atoms with Crippen LogP contribution in [0.15, 0.2) is 18.2 Å². The van der Waals surface area contributed by atoms with Crippen LogP contribution in [-0.4, -0.2) is 24.5 Å². The van der Waals surface area contributed by atoms with Crippen molar-refractivity contribution >= 4 is 5.91 Å². The molecule has 0 saturated carbocycles. The van der Waals surface area contributed by atoms with Crippen LogP contribution in [0.25, 0.3) is 0 Å². The van der Waals surface area contributed by atoms with Gasteiger partial charge in [-0.1, -0.05) is 12.1 Å². The van der Waals surface area contributed by atoms with Gasteiger partial charge in [-0.3, -0.25) is 4.79 Å². The molecule has 4 heteroatoms. The molecule has 1 aromatic rings. The maximum atomic E-state index is 13.8. The molecule has 1 unspecified atom stereocenters. The van der Waals surface area contributed by atoms with Gasteiger partial charge in [-0.25, -0.2) is 4.39 Å². The summed E-state index contributed by atoms with van der Waals surface area (Å²) in [5.74, 6) is -0.767. The number of halogens is 1. The van der Waals surface area contributed by atoms with E-state index in [1.807, 2.05) is 6.92 Å². The Bertz CT molecular complexity index is 439. The smallest absolute Gasteiger partial charge is 0.254 e. The molecule has 1 heterocycles. The monoisotopic (exact) mass is 236 g/mol. The summed E-state index contributed by atoms with van der Waals surface area (Å²) in [5.41, 5.74) is 0.346. The van der Waals surface area contributed by atoms with Gasteiger partial charge in [-0.15, -0.1) is 0 Å².